The van der Waals surface area contributed by atoms with Gasteiger partial charge in [0.05, 0.1) is 11.4 Å². The summed E-state index contributed by atoms with van der Waals surface area (Å²) in [7, 11) is 8.23. The maximum absolute atomic E-state index is 4.93. The van der Waals surface area contributed by atoms with Crippen LogP contribution in [0.2, 0.25) is 0 Å². The quantitative estimate of drug-likeness (QED) is 0.0773. The molecule has 0 saturated carbocycles. The van der Waals surface area contributed by atoms with Gasteiger partial charge in [0.2, 0.25) is 0 Å². The van der Waals surface area contributed by atoms with Crippen LogP contribution >= 0.6 is 36.0 Å². The Balaban J connectivity index is 0.00000150. The summed E-state index contributed by atoms with van der Waals surface area (Å²) in [5, 5.41) is 7.94. The van der Waals surface area contributed by atoms with E-state index in [0.717, 1.165) is 34.2 Å². The molecule has 0 N–H and O–H groups in total. The van der Waals surface area contributed by atoms with E-state index in [1.54, 1.807) is 0 Å². The second-order valence-corrected chi connectivity index (χ2v) is 18.0. The molecule has 259 valence electrons. The van der Waals surface area contributed by atoms with Crippen molar-refractivity contribution in [2.75, 3.05) is 0 Å². The number of hydrogen-bond acceptors (Lipinski definition) is 2. The molecule has 7 rings (SSSR count). The van der Waals surface area contributed by atoms with Crippen molar-refractivity contribution in [2.45, 2.75) is 13.8 Å². The average Bonchev–Trinajstić information content (AvgIpc) is 3.70. The number of benzene rings is 6. The van der Waals surface area contributed by atoms with Crippen LogP contribution in [0.15, 0.2) is 192 Å². The fourth-order valence-corrected chi connectivity index (χ4v) is 10.4. The van der Waals surface area contributed by atoms with Gasteiger partial charge in [-0.3, -0.25) is 9.98 Å². The predicted octanol–water partition coefficient (Wildman–Crippen LogP) is 9.82. The van der Waals surface area contributed by atoms with Gasteiger partial charge in [0.25, 0.3) is 0 Å². The van der Waals surface area contributed by atoms with Crippen LogP contribution in [-0.2, 0) is 13.1 Å². The first-order valence-corrected chi connectivity index (χ1v) is 22.4. The summed E-state index contributed by atoms with van der Waals surface area (Å²) >= 11 is 0.194. The molecule has 0 bridgehead atoms. The van der Waals surface area contributed by atoms with Crippen LogP contribution in [0.1, 0.15) is 25.2 Å². The first-order valence-electron chi connectivity index (χ1n) is 16.6. The van der Waals surface area contributed by atoms with Crippen molar-refractivity contribution in [3.8, 4) is 0 Å². The Kier molecular flexibility index (Phi) is 13.8. The number of halogens is 2. The van der Waals surface area contributed by atoms with E-state index < -0.39 is 15.8 Å². The van der Waals surface area contributed by atoms with Crippen LogP contribution in [0.4, 0.5) is 11.4 Å². The standard InChI is InChI=1S/C44H36N3P2.2ClH.Fe/c1-33(45-35-23-27-41(28-24-35)48(37-15-7-3-8-16-37)38-17-9-4-10-18-38)43-31-32-44(47-43)34(2)46-36-25-29-42(30-26-36)49(39-19-11-5-12-20-39)40-21-13-6-14-22-40;;;/h3-32H,1-2H3;2*1H;/q-1;;;+3/p-2. The van der Waals surface area contributed by atoms with Crippen molar-refractivity contribution in [3.63, 3.8) is 0 Å². The van der Waals surface area contributed by atoms with Crippen molar-refractivity contribution in [3.05, 3.63) is 193 Å². The summed E-state index contributed by atoms with van der Waals surface area (Å²) in [4.78, 5) is 14.8. The molecule has 1 aromatic heterocycles. The van der Waals surface area contributed by atoms with E-state index in [9.17, 15) is 0 Å². The third kappa shape index (κ3) is 9.85. The van der Waals surface area contributed by atoms with E-state index in [-0.39, 0.29) is 13.1 Å². The normalized spacial score (nSPS) is 11.7. The second kappa shape index (κ2) is 19.1. The average molecular weight is 795 g/mol. The molecule has 7 aromatic rings. The fraction of sp³-hybridized carbons (Fsp3) is 0.0455. The maximum atomic E-state index is 4.93. The Morgan fingerprint density at radius 3 is 0.923 bits per heavy atom. The molecule has 6 aromatic carbocycles. The van der Waals surface area contributed by atoms with E-state index >= 15 is 0 Å². The van der Waals surface area contributed by atoms with Crippen molar-refractivity contribution in [1.82, 2.24) is 4.98 Å². The van der Waals surface area contributed by atoms with E-state index in [1.807, 2.05) is 26.0 Å². The van der Waals surface area contributed by atoms with Gasteiger partial charge in [-0.25, -0.2) is 0 Å². The molecule has 0 aliphatic heterocycles. The number of aliphatic imine (C=N–C) groups is 2. The Hall–Kier alpha value is -4.10. The van der Waals surface area contributed by atoms with Gasteiger partial charge in [-0.15, -0.1) is 11.4 Å². The Bertz CT molecular complexity index is 1960. The molecule has 0 aliphatic rings. The van der Waals surface area contributed by atoms with E-state index in [2.05, 4.69) is 170 Å². The third-order valence-corrected chi connectivity index (χ3v) is 13.1. The minimum absolute atomic E-state index is 0.194. The van der Waals surface area contributed by atoms with Crippen LogP contribution in [0.25, 0.3) is 0 Å². The molecule has 0 saturated heterocycles. The molecule has 0 unspecified atom stereocenters. The van der Waals surface area contributed by atoms with Gasteiger partial charge in [0.1, 0.15) is 0 Å². The Labute approximate surface area is 324 Å². The number of nitrogens with zero attached hydrogens (tertiary/aromatic N) is 3. The van der Waals surface area contributed by atoms with Gasteiger partial charge in [-0.2, -0.15) is 0 Å². The second-order valence-electron chi connectivity index (χ2n) is 11.7. The molecule has 0 spiro atoms. The molecule has 1 heterocycles. The first-order chi connectivity index (χ1) is 25.5. The topological polar surface area (TPSA) is 38.8 Å². The molecule has 0 atom stereocenters. The zero-order valence-electron chi connectivity index (χ0n) is 28.7. The van der Waals surface area contributed by atoms with Crippen LogP contribution in [0.3, 0.4) is 0 Å². The molecule has 0 fully saturated rings. The van der Waals surface area contributed by atoms with Crippen molar-refractivity contribution in [1.29, 1.82) is 0 Å². The third-order valence-electron chi connectivity index (χ3n) is 8.25. The zero-order valence-corrected chi connectivity index (χ0v) is 33.1. The van der Waals surface area contributed by atoms with Crippen LogP contribution in [0, 0.1) is 0 Å². The zero-order chi connectivity index (χ0) is 36.1. The van der Waals surface area contributed by atoms with Crippen molar-refractivity contribution < 1.29 is 13.1 Å². The molecule has 0 aliphatic carbocycles. The summed E-state index contributed by atoms with van der Waals surface area (Å²) in [5.41, 5.74) is 5.29. The Morgan fingerprint density at radius 1 is 0.404 bits per heavy atom. The van der Waals surface area contributed by atoms with Crippen molar-refractivity contribution >= 4 is 90.7 Å². The number of aromatic nitrogens is 1. The van der Waals surface area contributed by atoms with Gasteiger partial charge >= 0.3 is 33.3 Å². The summed E-state index contributed by atoms with van der Waals surface area (Å²) in [6.45, 7) is 4.04. The molecular formula is C44H36Cl2FeN3P2. The van der Waals surface area contributed by atoms with Gasteiger partial charge in [0, 0.05) is 11.4 Å². The van der Waals surface area contributed by atoms with Gasteiger partial charge in [-0.05, 0) is 85.8 Å². The fourth-order valence-electron chi connectivity index (χ4n) is 5.82. The summed E-state index contributed by atoms with van der Waals surface area (Å²) in [5.74, 6) is 0. The summed E-state index contributed by atoms with van der Waals surface area (Å²) in [6, 6.07) is 64.4. The van der Waals surface area contributed by atoms with E-state index in [4.69, 9.17) is 35.2 Å². The first kappa shape index (κ1) is 37.6. The molecule has 0 radical (unpaired) electrons. The predicted molar refractivity (Wildman–Crippen MR) is 226 cm³/mol. The monoisotopic (exact) mass is 794 g/mol. The van der Waals surface area contributed by atoms with Gasteiger partial charge in [0.15, 0.2) is 0 Å². The van der Waals surface area contributed by atoms with Crippen molar-refractivity contribution in [2.24, 2.45) is 9.98 Å². The van der Waals surface area contributed by atoms with E-state index in [0.29, 0.717) is 0 Å². The molecule has 3 nitrogen and oxygen atoms in total. The molecule has 0 amide bonds. The Morgan fingerprint density at radius 2 is 0.654 bits per heavy atom. The molecule has 52 heavy (non-hydrogen) atoms. The number of rotatable bonds is 10. The van der Waals surface area contributed by atoms with Crippen LogP contribution in [0.5, 0.6) is 0 Å². The minimum atomic E-state index is -0.648. The SMILES string of the molecule is CC(=Nc1ccc(P(c2ccccc2)c2ccccc2)cc1)c1ccc(C(C)=Nc2ccc(P(c3ccccc3)c3ccccc3)cc2)[n-]1.[Cl][Fe+][Cl]. The van der Waals surface area contributed by atoms with Crippen LogP contribution in [-0.4, -0.2) is 11.4 Å². The van der Waals surface area contributed by atoms with Crippen LogP contribution < -0.4 is 36.8 Å². The molecule has 8 heteroatoms. The van der Waals surface area contributed by atoms with E-state index in [1.165, 1.54) is 31.8 Å². The summed E-state index contributed by atoms with van der Waals surface area (Å²) < 4.78 is 0. The van der Waals surface area contributed by atoms with Gasteiger partial charge < -0.3 is 4.98 Å². The molecular weight excluding hydrogens is 759 g/mol. The van der Waals surface area contributed by atoms with Gasteiger partial charge in [-0.1, -0.05) is 158 Å². The summed E-state index contributed by atoms with van der Waals surface area (Å²) in [6.07, 6.45) is 0. The number of hydrogen-bond donors (Lipinski definition) is 0.